The second kappa shape index (κ2) is 5.58. The van der Waals surface area contributed by atoms with Crippen LogP contribution in [0.1, 0.15) is 6.42 Å². The SMILES string of the molecule is C1CC2=C(CO1)SC(=C1SC3=C(SCCS3)S1)S2. The van der Waals surface area contributed by atoms with Crippen molar-refractivity contribution >= 4 is 70.6 Å². The van der Waals surface area contributed by atoms with E-state index in [0.717, 1.165) is 19.6 Å². The summed E-state index contributed by atoms with van der Waals surface area (Å²) < 4.78 is 11.6. The molecule has 7 heteroatoms. The molecule has 0 radical (unpaired) electrons. The Morgan fingerprint density at radius 3 is 2.11 bits per heavy atom. The van der Waals surface area contributed by atoms with Crippen LogP contribution in [-0.4, -0.2) is 24.7 Å². The van der Waals surface area contributed by atoms with E-state index in [9.17, 15) is 0 Å². The number of hydrogen-bond acceptors (Lipinski definition) is 7. The van der Waals surface area contributed by atoms with Gasteiger partial charge in [0.2, 0.25) is 0 Å². The van der Waals surface area contributed by atoms with E-state index in [1.807, 2.05) is 70.6 Å². The first kappa shape index (κ1) is 13.0. The zero-order valence-electron chi connectivity index (χ0n) is 9.39. The minimum Gasteiger partial charge on any atom is -0.376 e. The summed E-state index contributed by atoms with van der Waals surface area (Å²) in [4.78, 5) is 3.01. The number of ether oxygens (including phenoxy) is 1. The Morgan fingerprint density at radius 2 is 1.39 bits per heavy atom. The highest BCUT2D eigenvalue weighted by Gasteiger charge is 2.32. The van der Waals surface area contributed by atoms with Gasteiger partial charge in [-0.15, -0.1) is 23.5 Å². The molecule has 0 amide bonds. The van der Waals surface area contributed by atoms with E-state index < -0.39 is 0 Å². The summed E-state index contributed by atoms with van der Waals surface area (Å²) in [6, 6.07) is 0. The first-order valence-corrected chi connectivity index (χ1v) is 10.9. The summed E-state index contributed by atoms with van der Waals surface area (Å²) in [5.41, 5.74) is 0. The van der Waals surface area contributed by atoms with E-state index >= 15 is 0 Å². The van der Waals surface area contributed by atoms with Crippen LogP contribution in [0.5, 0.6) is 0 Å². The molecule has 4 rings (SSSR count). The first-order valence-electron chi connectivity index (χ1n) is 5.65. The molecule has 0 spiro atoms. The fraction of sp³-hybridized carbons (Fsp3) is 0.455. The van der Waals surface area contributed by atoms with Crippen molar-refractivity contribution in [2.24, 2.45) is 0 Å². The summed E-state index contributed by atoms with van der Waals surface area (Å²) in [5, 5.41) is 0. The van der Waals surface area contributed by atoms with Crippen LogP contribution < -0.4 is 0 Å². The van der Waals surface area contributed by atoms with Gasteiger partial charge >= 0.3 is 0 Å². The Labute approximate surface area is 132 Å². The number of hydrogen-bond donors (Lipinski definition) is 0. The van der Waals surface area contributed by atoms with Gasteiger partial charge in [0.25, 0.3) is 0 Å². The van der Waals surface area contributed by atoms with Crippen LogP contribution in [0.2, 0.25) is 0 Å². The van der Waals surface area contributed by atoms with Crippen molar-refractivity contribution in [1.82, 2.24) is 0 Å². The second-order valence-corrected chi connectivity index (χ2v) is 11.4. The van der Waals surface area contributed by atoms with Crippen molar-refractivity contribution in [3.63, 3.8) is 0 Å². The van der Waals surface area contributed by atoms with Crippen molar-refractivity contribution in [3.8, 4) is 0 Å². The molecule has 0 aromatic carbocycles. The van der Waals surface area contributed by atoms with Crippen molar-refractivity contribution in [2.75, 3.05) is 24.7 Å². The Balaban J connectivity index is 1.54. The van der Waals surface area contributed by atoms with Gasteiger partial charge in [-0.05, 0) is 0 Å². The summed E-state index contributed by atoms with van der Waals surface area (Å²) in [5.74, 6) is 2.53. The minimum absolute atomic E-state index is 0.829. The lowest BCUT2D eigenvalue weighted by molar-refractivity contribution is 0.155. The predicted molar refractivity (Wildman–Crippen MR) is 91.8 cm³/mol. The van der Waals surface area contributed by atoms with Gasteiger partial charge < -0.3 is 4.74 Å². The maximum absolute atomic E-state index is 5.54. The van der Waals surface area contributed by atoms with Crippen molar-refractivity contribution in [2.45, 2.75) is 6.42 Å². The quantitative estimate of drug-likeness (QED) is 0.578. The highest BCUT2D eigenvalue weighted by Crippen LogP contribution is 2.65. The minimum atomic E-state index is 0.829. The molecule has 0 saturated heterocycles. The predicted octanol–water partition coefficient (Wildman–Crippen LogP) is 5.31. The summed E-state index contributed by atoms with van der Waals surface area (Å²) in [6.45, 7) is 1.73. The smallest absolute Gasteiger partial charge is 0.0787 e. The molecule has 1 nitrogen and oxygen atoms in total. The van der Waals surface area contributed by atoms with E-state index in [-0.39, 0.29) is 0 Å². The summed E-state index contributed by atoms with van der Waals surface area (Å²) in [6.07, 6.45) is 1.11. The summed E-state index contributed by atoms with van der Waals surface area (Å²) in [7, 11) is 0. The molecule has 0 fully saturated rings. The van der Waals surface area contributed by atoms with E-state index in [4.69, 9.17) is 4.74 Å². The Hall–Kier alpha value is 1.28. The third-order valence-corrected chi connectivity index (χ3v) is 11.7. The first-order chi connectivity index (χ1) is 8.90. The topological polar surface area (TPSA) is 9.23 Å². The molecule has 0 unspecified atom stereocenters. The van der Waals surface area contributed by atoms with Gasteiger partial charge in [-0.2, -0.15) is 0 Å². The van der Waals surface area contributed by atoms with Crippen molar-refractivity contribution < 1.29 is 4.74 Å². The molecule has 0 atom stereocenters. The van der Waals surface area contributed by atoms with Crippen LogP contribution in [0.25, 0.3) is 0 Å². The van der Waals surface area contributed by atoms with E-state index in [0.29, 0.717) is 0 Å². The molecule has 0 bridgehead atoms. The molecule has 0 aromatic heterocycles. The lowest BCUT2D eigenvalue weighted by Gasteiger charge is -2.11. The van der Waals surface area contributed by atoms with Crippen molar-refractivity contribution in [1.29, 1.82) is 0 Å². The van der Waals surface area contributed by atoms with Gasteiger partial charge in [-0.25, -0.2) is 0 Å². The van der Waals surface area contributed by atoms with Crippen LogP contribution in [0.3, 0.4) is 0 Å². The molecule has 0 N–H and O–H groups in total. The maximum Gasteiger partial charge on any atom is 0.0787 e. The van der Waals surface area contributed by atoms with E-state index in [1.165, 1.54) is 24.9 Å². The van der Waals surface area contributed by atoms with Crippen LogP contribution in [-0.2, 0) is 4.74 Å². The molecule has 18 heavy (non-hydrogen) atoms. The molecule has 96 valence electrons. The van der Waals surface area contributed by atoms with E-state index in [1.54, 1.807) is 13.4 Å². The van der Waals surface area contributed by atoms with Crippen LogP contribution >= 0.6 is 70.6 Å². The fourth-order valence-electron chi connectivity index (χ4n) is 1.87. The molecule has 0 aliphatic carbocycles. The molecular weight excluding hydrogens is 341 g/mol. The molecule has 4 aliphatic heterocycles. The monoisotopic (exact) mass is 350 g/mol. The van der Waals surface area contributed by atoms with Crippen LogP contribution in [0.4, 0.5) is 0 Å². The average Bonchev–Trinajstić information content (AvgIpc) is 3.02. The second-order valence-electron chi connectivity index (χ2n) is 3.90. The molecular formula is C11H10OS6. The van der Waals surface area contributed by atoms with E-state index in [2.05, 4.69) is 0 Å². The van der Waals surface area contributed by atoms with Gasteiger partial charge in [0.15, 0.2) is 0 Å². The largest absolute Gasteiger partial charge is 0.376 e. The molecule has 0 saturated carbocycles. The highest BCUT2D eigenvalue weighted by atomic mass is 32.3. The average molecular weight is 351 g/mol. The lowest BCUT2D eigenvalue weighted by atomic mass is 10.3. The normalized spacial score (nSPS) is 28.0. The zero-order valence-corrected chi connectivity index (χ0v) is 14.3. The number of rotatable bonds is 0. The lowest BCUT2D eigenvalue weighted by Crippen LogP contribution is -2.04. The molecule has 4 heterocycles. The van der Waals surface area contributed by atoms with Gasteiger partial charge in [0.1, 0.15) is 0 Å². The standard InChI is InChI=1S/C11H10OS6/c1-2-12-5-7-6(1)15-10(16-7)11-17-8-9(18-11)14-4-3-13-8/h1-5H2. The van der Waals surface area contributed by atoms with Crippen LogP contribution in [0.15, 0.2) is 26.8 Å². The van der Waals surface area contributed by atoms with Gasteiger partial charge in [-0.3, -0.25) is 0 Å². The Bertz CT molecular complexity index is 408. The van der Waals surface area contributed by atoms with Crippen LogP contribution in [0, 0.1) is 0 Å². The summed E-state index contributed by atoms with van der Waals surface area (Å²) >= 11 is 12.0. The number of thioether (sulfide) groups is 6. The third-order valence-electron chi connectivity index (χ3n) is 2.70. The van der Waals surface area contributed by atoms with Gasteiger partial charge in [-0.1, -0.05) is 47.0 Å². The van der Waals surface area contributed by atoms with Gasteiger partial charge in [0, 0.05) is 27.7 Å². The maximum atomic E-state index is 5.54. The van der Waals surface area contributed by atoms with Gasteiger partial charge in [0.05, 0.1) is 30.2 Å². The molecule has 4 aliphatic rings. The van der Waals surface area contributed by atoms with Crippen molar-refractivity contribution in [3.05, 3.63) is 26.8 Å². The Morgan fingerprint density at radius 1 is 0.722 bits per heavy atom. The fourth-order valence-corrected chi connectivity index (χ4v) is 10.8. The Kier molecular flexibility index (Phi) is 4.02. The zero-order chi connectivity index (χ0) is 11.9. The third kappa shape index (κ3) is 2.44. The highest BCUT2D eigenvalue weighted by molar-refractivity contribution is 8.43. The molecule has 0 aromatic rings.